The number of aliphatic carboxylic acids is 1. The Bertz CT molecular complexity index is 1440. The number of ether oxygens (including phenoxy) is 1. The summed E-state index contributed by atoms with van der Waals surface area (Å²) in [5.74, 6) is -1.78. The Labute approximate surface area is 319 Å². The van der Waals surface area contributed by atoms with Gasteiger partial charge in [-0.15, -0.1) is 0 Å². The van der Waals surface area contributed by atoms with Gasteiger partial charge < -0.3 is 24.5 Å². The van der Waals surface area contributed by atoms with Crippen LogP contribution in [0, 0.1) is 50.2 Å². The van der Waals surface area contributed by atoms with Gasteiger partial charge in [0, 0.05) is 22.4 Å². The molecule has 4 fully saturated rings. The molecule has 0 saturated heterocycles. The molecule has 9 atom stereocenters. The van der Waals surface area contributed by atoms with Gasteiger partial charge in [0.25, 0.3) is 0 Å². The number of hydrogen-bond acceptors (Lipinski definition) is 6. The van der Waals surface area contributed by atoms with E-state index in [1.807, 2.05) is 6.92 Å². The molecule has 1 aromatic rings. The third kappa shape index (κ3) is 5.46. The first-order chi connectivity index (χ1) is 20.4. The number of rotatable bonds is 4. The summed E-state index contributed by atoms with van der Waals surface area (Å²) in [6.45, 7) is 16.3. The van der Waals surface area contributed by atoms with E-state index < -0.39 is 23.3 Å². The van der Waals surface area contributed by atoms with Gasteiger partial charge in [-0.25, -0.2) is 4.79 Å². The van der Waals surface area contributed by atoms with E-state index in [1.165, 1.54) is 17.7 Å². The van der Waals surface area contributed by atoms with E-state index in [1.54, 1.807) is 12.1 Å². The first kappa shape index (κ1) is 38.2. The second-order valence-corrected chi connectivity index (χ2v) is 17.1. The van der Waals surface area contributed by atoms with E-state index in [0.717, 1.165) is 51.4 Å². The molecule has 0 radical (unpaired) electrons. The summed E-state index contributed by atoms with van der Waals surface area (Å²) in [6.07, 6.45) is 11.6. The predicted molar refractivity (Wildman–Crippen MR) is 164 cm³/mol. The first-order valence-corrected chi connectivity index (χ1v) is 16.9. The van der Waals surface area contributed by atoms with Crippen molar-refractivity contribution in [3.05, 3.63) is 47.0 Å². The molecule has 0 aliphatic heterocycles. The van der Waals surface area contributed by atoms with Crippen LogP contribution in [0.5, 0.6) is 0 Å². The standard InChI is InChI=1S/C38H52O6.2Na/c1-33(2)27-14-17-38(7)28(36(27,5)16-15-29(33)44-31(41)24-11-9-8-10-23(24)30(39)40)13-12-25-26-22-35(4,32(42)43)19-18-34(26,3)20-21-37(25,38)6;;/h8-12,26-29H,13-22H2,1-7H3,(H,39,40)(H,42,43);;/q;2*+1/p-2/t26-,27-,28+,29-,34+,35-,36-,37+,38+;;/m0../s1. The van der Waals surface area contributed by atoms with Gasteiger partial charge in [-0.05, 0) is 110 Å². The Kier molecular flexibility index (Phi) is 10.5. The molecule has 0 spiro atoms. The van der Waals surface area contributed by atoms with Crippen LogP contribution >= 0.6 is 0 Å². The van der Waals surface area contributed by atoms with Crippen molar-refractivity contribution in [2.75, 3.05) is 0 Å². The molecule has 0 unspecified atom stereocenters. The Morgan fingerprint density at radius 3 is 2.04 bits per heavy atom. The average Bonchev–Trinajstić information content (AvgIpc) is 2.95. The van der Waals surface area contributed by atoms with Crippen LogP contribution in [-0.4, -0.2) is 24.0 Å². The molecule has 0 bridgehead atoms. The Balaban J connectivity index is 0.00000240. The van der Waals surface area contributed by atoms with E-state index in [9.17, 15) is 24.6 Å². The Morgan fingerprint density at radius 2 is 1.41 bits per heavy atom. The number of carbonyl (C=O) groups is 3. The fourth-order valence-electron chi connectivity index (χ4n) is 11.8. The molecule has 4 saturated carbocycles. The molecule has 5 aliphatic rings. The van der Waals surface area contributed by atoms with E-state index in [-0.39, 0.29) is 109 Å². The second kappa shape index (κ2) is 12.6. The zero-order valence-corrected chi connectivity index (χ0v) is 33.7. The minimum Gasteiger partial charge on any atom is -0.550 e. The fraction of sp³-hybridized carbons (Fsp3) is 0.711. The van der Waals surface area contributed by atoms with Gasteiger partial charge in [-0.2, -0.15) is 0 Å². The van der Waals surface area contributed by atoms with Crippen LogP contribution in [0.4, 0.5) is 0 Å². The number of aromatic carboxylic acids is 1. The van der Waals surface area contributed by atoms with E-state index >= 15 is 0 Å². The summed E-state index contributed by atoms with van der Waals surface area (Å²) in [5, 5.41) is 23.9. The van der Waals surface area contributed by atoms with Gasteiger partial charge in [-0.3, -0.25) is 0 Å². The summed E-state index contributed by atoms with van der Waals surface area (Å²) in [7, 11) is 0. The molecule has 0 N–H and O–H groups in total. The smallest absolute Gasteiger partial charge is 0.550 e. The monoisotopic (exact) mass is 648 g/mol. The number of carboxylic acid groups (broad SMARTS) is 2. The van der Waals surface area contributed by atoms with Gasteiger partial charge in [0.15, 0.2) is 0 Å². The molecule has 0 amide bonds. The minimum absolute atomic E-state index is 0. The van der Waals surface area contributed by atoms with Crippen molar-refractivity contribution >= 4 is 17.9 Å². The zero-order valence-electron chi connectivity index (χ0n) is 29.7. The first-order valence-electron chi connectivity index (χ1n) is 16.9. The van der Waals surface area contributed by atoms with Crippen molar-refractivity contribution < 1.29 is 88.4 Å². The van der Waals surface area contributed by atoms with Gasteiger partial charge >= 0.3 is 65.1 Å². The maximum Gasteiger partial charge on any atom is 1.00 e. The third-order valence-corrected chi connectivity index (χ3v) is 14.9. The van der Waals surface area contributed by atoms with Crippen LogP contribution in [-0.2, 0) is 9.53 Å². The molecule has 240 valence electrons. The maximum absolute atomic E-state index is 13.3. The van der Waals surface area contributed by atoms with Crippen molar-refractivity contribution in [3.8, 4) is 0 Å². The maximum atomic E-state index is 13.3. The molecule has 46 heavy (non-hydrogen) atoms. The summed E-state index contributed by atoms with van der Waals surface area (Å²) in [5.41, 5.74) is 0.683. The normalized spacial score (nSPS) is 42.2. The minimum atomic E-state index is -1.38. The summed E-state index contributed by atoms with van der Waals surface area (Å²) < 4.78 is 6.16. The van der Waals surface area contributed by atoms with Crippen molar-refractivity contribution in [3.63, 3.8) is 0 Å². The molecule has 0 aromatic heterocycles. The molecule has 8 heteroatoms. The van der Waals surface area contributed by atoms with Gasteiger partial charge in [-0.1, -0.05) is 78.3 Å². The molecule has 0 heterocycles. The van der Waals surface area contributed by atoms with Crippen molar-refractivity contribution in [2.45, 2.75) is 119 Å². The molecule has 6 nitrogen and oxygen atoms in total. The van der Waals surface area contributed by atoms with Crippen LogP contribution in [0.2, 0.25) is 0 Å². The van der Waals surface area contributed by atoms with E-state index in [4.69, 9.17) is 4.74 Å². The van der Waals surface area contributed by atoms with Crippen LogP contribution in [0.25, 0.3) is 0 Å². The molecular formula is C38H50Na2O6. The number of hydrogen-bond donors (Lipinski definition) is 0. The number of esters is 1. The molecule has 5 aliphatic carbocycles. The largest absolute Gasteiger partial charge is 1.00 e. The Hall–Kier alpha value is -0.630. The van der Waals surface area contributed by atoms with Gasteiger partial charge in [0.1, 0.15) is 6.10 Å². The van der Waals surface area contributed by atoms with Crippen molar-refractivity contribution in [2.24, 2.45) is 50.2 Å². The third-order valence-electron chi connectivity index (χ3n) is 14.9. The van der Waals surface area contributed by atoms with Gasteiger partial charge in [0.05, 0.1) is 11.5 Å². The number of carboxylic acids is 2. The number of allylic oxidation sites excluding steroid dienone is 2. The van der Waals surface area contributed by atoms with Crippen LogP contribution in [0.3, 0.4) is 0 Å². The Morgan fingerprint density at radius 1 is 0.783 bits per heavy atom. The fourth-order valence-corrected chi connectivity index (χ4v) is 11.8. The van der Waals surface area contributed by atoms with Crippen LogP contribution < -0.4 is 69.3 Å². The molecule has 1 aromatic carbocycles. The van der Waals surface area contributed by atoms with Gasteiger partial charge in [0.2, 0.25) is 0 Å². The van der Waals surface area contributed by atoms with Crippen molar-refractivity contribution in [1.82, 2.24) is 0 Å². The number of carbonyl (C=O) groups excluding carboxylic acids is 3. The van der Waals surface area contributed by atoms with E-state index in [0.29, 0.717) is 24.7 Å². The molecule has 6 rings (SSSR count). The van der Waals surface area contributed by atoms with Crippen LogP contribution in [0.1, 0.15) is 133 Å². The van der Waals surface area contributed by atoms with Crippen LogP contribution in [0.15, 0.2) is 35.9 Å². The zero-order chi connectivity index (χ0) is 32.1. The topological polar surface area (TPSA) is 107 Å². The summed E-state index contributed by atoms with van der Waals surface area (Å²) >= 11 is 0. The predicted octanol–water partition coefficient (Wildman–Crippen LogP) is 0.135. The number of benzene rings is 1. The quantitative estimate of drug-likeness (QED) is 0.261. The summed E-state index contributed by atoms with van der Waals surface area (Å²) in [6, 6.07) is 6.13. The SMILES string of the molecule is CC1(C)[C@@H](OC(=O)c2ccccc2C(=O)[O-])CC[C@]2(C)[C@H]3CC=C4[C@@H]5C[C@@](C)(C(=O)[O-])CC[C@]5(C)CC[C@@]4(C)[C@]3(C)CC[C@@H]12.[Na+].[Na+]. The van der Waals surface area contributed by atoms with E-state index in [2.05, 4.69) is 47.6 Å². The van der Waals surface area contributed by atoms with Crippen molar-refractivity contribution in [1.29, 1.82) is 0 Å². The second-order valence-electron chi connectivity index (χ2n) is 17.1. The average molecular weight is 649 g/mol. The summed E-state index contributed by atoms with van der Waals surface area (Å²) in [4.78, 5) is 37.3. The number of fused-ring (bicyclic) bond motifs is 7. The molecular weight excluding hydrogens is 598 g/mol.